The molecule has 2 heterocycles. The predicted octanol–water partition coefficient (Wildman–Crippen LogP) is 4.25. The molecule has 430 valence electrons. The van der Waals surface area contributed by atoms with Crippen LogP contribution in [0.5, 0.6) is 0 Å². The van der Waals surface area contributed by atoms with E-state index in [1.54, 1.807) is 54.8 Å². The zero-order valence-corrected chi connectivity index (χ0v) is 47.5. The molecular weight excluding hydrogens is 1070 g/mol. The second-order valence-corrected chi connectivity index (χ2v) is 23.5. The van der Waals surface area contributed by atoms with E-state index < -0.39 is 86.6 Å². The highest BCUT2D eigenvalue weighted by molar-refractivity contribution is 7.86. The maximum atomic E-state index is 15.3. The Hall–Kier alpha value is -6.81. The molecule has 1 aliphatic heterocycles. The predicted molar refractivity (Wildman–Crippen MR) is 299 cm³/mol. The Bertz CT molecular complexity index is 2970. The summed E-state index contributed by atoms with van der Waals surface area (Å²) in [7, 11) is -4.83. The van der Waals surface area contributed by atoms with Crippen molar-refractivity contribution in [1.82, 2.24) is 46.2 Å². The normalized spacial score (nSPS) is 15.4. The SMILES string of the molecule is CC(C)C[C@H](NC(=O)[C@H](CCc1ccccc1)NC(=O)CN1CCOCC1)C(=O)N[C@@H](Cc1ccccc1)C(=O)N[C@@H](CC(C)C)C(=O)C(C)(O)COS(=O)(=O)c1cc(C(=O)NCc2cn(PCc3ccccc3)nn2)ccc1F. The number of aliphatic hydroxyl groups is 1. The molecule has 0 saturated carbocycles. The molecule has 23 heteroatoms. The molecule has 1 saturated heterocycles. The van der Waals surface area contributed by atoms with Crippen molar-refractivity contribution < 1.29 is 55.6 Å². The molecule has 0 aliphatic carbocycles. The molecule has 0 radical (unpaired) electrons. The highest BCUT2D eigenvalue weighted by Gasteiger charge is 2.41. The van der Waals surface area contributed by atoms with Gasteiger partial charge in [0.2, 0.25) is 23.6 Å². The molecule has 6 atom stereocenters. The van der Waals surface area contributed by atoms with Gasteiger partial charge in [0, 0.05) is 40.0 Å². The van der Waals surface area contributed by atoms with E-state index in [9.17, 15) is 42.3 Å². The monoisotopic (exact) mass is 1140 g/mol. The highest BCUT2D eigenvalue weighted by atomic mass is 32.2. The lowest BCUT2D eigenvalue weighted by molar-refractivity contribution is -0.143. The van der Waals surface area contributed by atoms with Crippen LogP contribution in [-0.4, -0.2) is 138 Å². The van der Waals surface area contributed by atoms with Gasteiger partial charge in [-0.25, -0.2) is 8.84 Å². The van der Waals surface area contributed by atoms with E-state index in [4.69, 9.17) is 8.92 Å². The maximum Gasteiger partial charge on any atom is 0.300 e. The molecule has 2 unspecified atom stereocenters. The maximum absolute atomic E-state index is 15.3. The van der Waals surface area contributed by atoms with Gasteiger partial charge in [-0.05, 0) is 79.3 Å². The van der Waals surface area contributed by atoms with Gasteiger partial charge in [-0.1, -0.05) is 124 Å². The third kappa shape index (κ3) is 19.8. The Morgan fingerprint density at radius 2 is 1.31 bits per heavy atom. The van der Waals surface area contributed by atoms with Gasteiger partial charge in [0.1, 0.15) is 46.7 Å². The molecule has 1 fully saturated rings. The molecular formula is C57H73FN9O11PS. The fourth-order valence-electron chi connectivity index (χ4n) is 8.74. The summed E-state index contributed by atoms with van der Waals surface area (Å²) >= 11 is 0. The lowest BCUT2D eigenvalue weighted by atomic mass is 9.90. The Labute approximate surface area is 468 Å². The second-order valence-electron chi connectivity index (χ2n) is 20.8. The number of morpholine rings is 1. The zero-order chi connectivity index (χ0) is 57.8. The summed E-state index contributed by atoms with van der Waals surface area (Å²) in [4.78, 5) is 84.9. The van der Waals surface area contributed by atoms with E-state index in [0.29, 0.717) is 44.0 Å². The molecule has 0 spiro atoms. The zero-order valence-electron chi connectivity index (χ0n) is 45.7. The lowest BCUT2D eigenvalue weighted by Gasteiger charge is -2.30. The van der Waals surface area contributed by atoms with Gasteiger partial charge in [-0.15, -0.1) is 5.10 Å². The van der Waals surface area contributed by atoms with Gasteiger partial charge in [-0.3, -0.25) is 37.9 Å². The van der Waals surface area contributed by atoms with E-state index in [0.717, 1.165) is 42.4 Å². The summed E-state index contributed by atoms with van der Waals surface area (Å²) in [6.07, 6.45) is 3.08. The number of halogens is 1. The molecule has 1 aliphatic rings. The number of aromatic nitrogens is 3. The standard InChI is InChI=1S/C57H73FN9O11PS/c1-38(2)29-47(52(69)57(5,74)37-78-80(75,76)50-32-43(22-23-45(50)58)53(70)59-33-44-34-67(65-64-44)79-36-42-19-13-8-14-20-42)61-56(73)49(31-41-17-11-7-12-18-41)63-55(72)48(30-39(3)4)62-54(71)46(24-21-40-15-9-6-10-16-40)60-51(68)35-66-25-27-77-28-26-66/h6-20,22-23,32,34,38-39,46-49,74,79H,21,24-31,33,35-37H2,1-5H3,(H,59,70)(H,60,68)(H,61,73)(H,62,71)(H,63,72)/t46-,47-,48-,49-,57?/m0/s1. The largest absolute Gasteiger partial charge is 0.380 e. The summed E-state index contributed by atoms with van der Waals surface area (Å²) < 4.78 is 54.6. The van der Waals surface area contributed by atoms with E-state index >= 15 is 4.39 Å². The first-order valence-electron chi connectivity index (χ1n) is 26.7. The van der Waals surface area contributed by atoms with E-state index in [1.165, 1.54) is 0 Å². The number of ketones is 1. The fourth-order valence-corrected chi connectivity index (χ4v) is 10.8. The topological polar surface area (TPSA) is 269 Å². The van der Waals surface area contributed by atoms with Crippen LogP contribution in [0.1, 0.15) is 86.6 Å². The number of Topliss-reactive ketones (excluding diaryl/α,β-unsaturated/α-hetero) is 1. The van der Waals surface area contributed by atoms with Crippen LogP contribution >= 0.6 is 8.73 Å². The number of amides is 5. The first-order valence-corrected chi connectivity index (χ1v) is 29.2. The van der Waals surface area contributed by atoms with E-state index in [2.05, 4.69) is 36.9 Å². The second kappa shape index (κ2) is 30.1. The fraction of sp³-hybridized carbons (Fsp3) is 0.439. The first kappa shape index (κ1) is 62.4. The number of hydrogen-bond acceptors (Lipinski definition) is 14. The van der Waals surface area contributed by atoms with Crippen molar-refractivity contribution in [3.05, 3.63) is 149 Å². The van der Waals surface area contributed by atoms with Crippen molar-refractivity contribution in [2.45, 2.75) is 114 Å². The van der Waals surface area contributed by atoms with Gasteiger partial charge in [0.05, 0.1) is 38.5 Å². The summed E-state index contributed by atoms with van der Waals surface area (Å²) in [5, 5.41) is 33.6. The van der Waals surface area contributed by atoms with Gasteiger partial charge in [0.15, 0.2) is 5.78 Å². The van der Waals surface area contributed by atoms with Gasteiger partial charge >= 0.3 is 0 Å². The van der Waals surface area contributed by atoms with Crippen molar-refractivity contribution in [3.63, 3.8) is 0 Å². The van der Waals surface area contributed by atoms with Crippen molar-refractivity contribution in [3.8, 4) is 0 Å². The third-order valence-corrected chi connectivity index (χ3v) is 15.4. The molecule has 0 bridgehead atoms. The number of nitrogens with one attached hydrogen (secondary N) is 5. The summed E-state index contributed by atoms with van der Waals surface area (Å²) in [5.41, 5.74) is 0.266. The Balaban J connectivity index is 1.12. The van der Waals surface area contributed by atoms with Gasteiger partial charge in [-0.2, -0.15) is 8.42 Å². The van der Waals surface area contributed by atoms with Crippen LogP contribution in [0.4, 0.5) is 4.39 Å². The molecule has 6 N–H and O–H groups in total. The van der Waals surface area contributed by atoms with E-state index in [-0.39, 0.29) is 70.8 Å². The van der Waals surface area contributed by atoms with Crippen LogP contribution in [0.15, 0.2) is 120 Å². The summed E-state index contributed by atoms with van der Waals surface area (Å²) in [5.74, 6) is -6.00. The number of hydrogen-bond donors (Lipinski definition) is 6. The quantitative estimate of drug-likeness (QED) is 0.0277. The molecule has 1 aromatic heterocycles. The van der Waals surface area contributed by atoms with Crippen LogP contribution in [-0.2, 0) is 68.6 Å². The Morgan fingerprint density at radius 1 is 0.750 bits per heavy atom. The number of rotatable bonds is 30. The summed E-state index contributed by atoms with van der Waals surface area (Å²) in [6.45, 7) is 9.06. The minimum atomic E-state index is -5.08. The van der Waals surface area contributed by atoms with Crippen molar-refractivity contribution in [2.24, 2.45) is 11.8 Å². The molecule has 5 amide bonds. The minimum Gasteiger partial charge on any atom is -0.380 e. The average Bonchev–Trinajstić information content (AvgIpc) is 3.90. The van der Waals surface area contributed by atoms with Crippen LogP contribution in [0.3, 0.4) is 0 Å². The van der Waals surface area contributed by atoms with Crippen LogP contribution in [0.2, 0.25) is 0 Å². The molecule has 20 nitrogen and oxygen atoms in total. The van der Waals surface area contributed by atoms with Gasteiger partial charge < -0.3 is 36.4 Å². The highest BCUT2D eigenvalue weighted by Crippen LogP contribution is 2.24. The average molecular weight is 1140 g/mol. The molecule has 80 heavy (non-hydrogen) atoms. The molecule has 5 aromatic rings. The van der Waals surface area contributed by atoms with Crippen LogP contribution in [0.25, 0.3) is 0 Å². The first-order chi connectivity index (χ1) is 38.1. The summed E-state index contributed by atoms with van der Waals surface area (Å²) in [6, 6.07) is 25.6. The Morgan fingerprint density at radius 3 is 1.95 bits per heavy atom. The van der Waals surface area contributed by atoms with Crippen LogP contribution < -0.4 is 26.6 Å². The number of benzene rings is 4. The van der Waals surface area contributed by atoms with Crippen molar-refractivity contribution in [1.29, 1.82) is 0 Å². The number of aryl methyl sites for hydroxylation is 1. The molecule has 6 rings (SSSR count). The van der Waals surface area contributed by atoms with E-state index in [1.807, 2.05) is 79.4 Å². The third-order valence-electron chi connectivity index (χ3n) is 13.0. The molecule has 4 aromatic carbocycles. The smallest absolute Gasteiger partial charge is 0.300 e. The number of carbonyl (C=O) groups excluding carboxylic acids is 6. The lowest BCUT2D eigenvalue weighted by Crippen LogP contribution is -2.60. The number of nitrogens with zero attached hydrogens (tertiary/aromatic N) is 4. The van der Waals surface area contributed by atoms with Gasteiger partial charge in [0.25, 0.3) is 16.0 Å². The minimum absolute atomic E-state index is 0.0493. The number of ether oxygens (including phenoxy) is 1. The Kier molecular flexibility index (Phi) is 23.5. The van der Waals surface area contributed by atoms with Crippen LogP contribution in [0, 0.1) is 17.7 Å². The van der Waals surface area contributed by atoms with Crippen molar-refractivity contribution >= 4 is 54.2 Å². The number of carbonyl (C=O) groups is 6. The van der Waals surface area contributed by atoms with Crippen molar-refractivity contribution in [2.75, 3.05) is 39.5 Å².